The largest absolute Gasteiger partial charge is 0.502 e. The standard InChI is InChI=1S/C17H16N4O5/c1-24-14-6-10(7-15(25-2)16(14)22)9-18-21-17(23)12-8-11(19-20-12)13-4-3-5-26-13/h3-9,22H,1-2H3,(H,19,20)(H,21,23). The third kappa shape index (κ3) is 3.51. The molecule has 9 heteroatoms. The summed E-state index contributed by atoms with van der Waals surface area (Å²) in [7, 11) is 2.84. The van der Waals surface area contributed by atoms with E-state index in [1.54, 1.807) is 30.3 Å². The summed E-state index contributed by atoms with van der Waals surface area (Å²) in [5.74, 6) is 0.426. The first-order valence-electron chi connectivity index (χ1n) is 7.50. The van der Waals surface area contributed by atoms with Crippen molar-refractivity contribution in [1.29, 1.82) is 0 Å². The van der Waals surface area contributed by atoms with Crippen LogP contribution in [0.4, 0.5) is 0 Å². The quantitative estimate of drug-likeness (QED) is 0.459. The Labute approximate surface area is 148 Å². The van der Waals surface area contributed by atoms with Crippen molar-refractivity contribution < 1.29 is 23.8 Å². The van der Waals surface area contributed by atoms with Gasteiger partial charge in [-0.2, -0.15) is 10.2 Å². The van der Waals surface area contributed by atoms with Crippen molar-refractivity contribution in [3.63, 3.8) is 0 Å². The average molecular weight is 356 g/mol. The lowest BCUT2D eigenvalue weighted by Crippen LogP contribution is -2.18. The number of hydrogen-bond donors (Lipinski definition) is 3. The zero-order chi connectivity index (χ0) is 18.5. The van der Waals surface area contributed by atoms with E-state index in [0.717, 1.165) is 0 Å². The predicted molar refractivity (Wildman–Crippen MR) is 92.6 cm³/mol. The second kappa shape index (κ2) is 7.43. The molecule has 134 valence electrons. The van der Waals surface area contributed by atoms with Gasteiger partial charge in [0.1, 0.15) is 5.69 Å². The highest BCUT2D eigenvalue weighted by atomic mass is 16.5. The predicted octanol–water partition coefficient (Wildman–Crippen LogP) is 2.16. The molecule has 0 aliphatic rings. The minimum atomic E-state index is -0.493. The Balaban J connectivity index is 1.70. The topological polar surface area (TPSA) is 122 Å². The second-order valence-electron chi connectivity index (χ2n) is 5.12. The van der Waals surface area contributed by atoms with Crippen LogP contribution in [-0.2, 0) is 0 Å². The van der Waals surface area contributed by atoms with Gasteiger partial charge in [-0.3, -0.25) is 9.89 Å². The van der Waals surface area contributed by atoms with E-state index < -0.39 is 5.91 Å². The fourth-order valence-corrected chi connectivity index (χ4v) is 2.21. The molecule has 3 aromatic rings. The van der Waals surface area contributed by atoms with Crippen LogP contribution in [0.5, 0.6) is 17.2 Å². The third-order valence-corrected chi connectivity index (χ3v) is 3.48. The van der Waals surface area contributed by atoms with Gasteiger partial charge in [0.05, 0.1) is 26.7 Å². The van der Waals surface area contributed by atoms with Crippen molar-refractivity contribution in [2.45, 2.75) is 0 Å². The van der Waals surface area contributed by atoms with E-state index in [2.05, 4.69) is 20.7 Å². The number of nitrogens with zero attached hydrogens (tertiary/aromatic N) is 2. The number of aromatic nitrogens is 2. The molecular formula is C17H16N4O5. The lowest BCUT2D eigenvalue weighted by molar-refractivity contribution is 0.0950. The highest BCUT2D eigenvalue weighted by Gasteiger charge is 2.13. The number of phenols is 1. The molecule has 3 N–H and O–H groups in total. The van der Waals surface area contributed by atoms with E-state index in [1.807, 2.05) is 0 Å². The molecule has 0 aliphatic carbocycles. The SMILES string of the molecule is COc1cc(C=NNC(=O)c2cc(-c3ccco3)[nH]n2)cc(OC)c1O. The Hall–Kier alpha value is -3.75. The van der Waals surface area contributed by atoms with Gasteiger partial charge in [0.15, 0.2) is 23.0 Å². The van der Waals surface area contributed by atoms with E-state index >= 15 is 0 Å². The molecule has 1 amide bonds. The maximum atomic E-state index is 12.1. The monoisotopic (exact) mass is 356 g/mol. The fourth-order valence-electron chi connectivity index (χ4n) is 2.21. The maximum absolute atomic E-state index is 12.1. The number of ether oxygens (including phenoxy) is 2. The molecule has 0 bridgehead atoms. The number of hydrogen-bond acceptors (Lipinski definition) is 7. The summed E-state index contributed by atoms with van der Waals surface area (Å²) < 4.78 is 15.4. The van der Waals surface area contributed by atoms with Gasteiger partial charge in [-0.1, -0.05) is 0 Å². The normalized spacial score (nSPS) is 10.8. The average Bonchev–Trinajstić information content (AvgIpc) is 3.34. The molecule has 0 radical (unpaired) electrons. The van der Waals surface area contributed by atoms with E-state index in [9.17, 15) is 9.90 Å². The van der Waals surface area contributed by atoms with Crippen LogP contribution in [0.15, 0.2) is 46.1 Å². The molecule has 2 heterocycles. The first-order valence-corrected chi connectivity index (χ1v) is 7.50. The Bertz CT molecular complexity index is 906. The van der Waals surface area contributed by atoms with Crippen LogP contribution in [-0.4, -0.2) is 41.6 Å². The third-order valence-electron chi connectivity index (χ3n) is 3.48. The zero-order valence-electron chi connectivity index (χ0n) is 14.0. The second-order valence-corrected chi connectivity index (χ2v) is 5.12. The first-order chi connectivity index (χ1) is 12.6. The molecule has 26 heavy (non-hydrogen) atoms. The first kappa shape index (κ1) is 17.1. The summed E-state index contributed by atoms with van der Waals surface area (Å²) in [5, 5.41) is 20.4. The molecule has 0 aliphatic heterocycles. The highest BCUT2D eigenvalue weighted by molar-refractivity contribution is 5.94. The number of rotatable bonds is 6. The number of hydrazone groups is 1. The van der Waals surface area contributed by atoms with Gasteiger partial charge in [-0.05, 0) is 24.3 Å². The van der Waals surface area contributed by atoms with Crippen molar-refractivity contribution in [3.8, 4) is 28.7 Å². The van der Waals surface area contributed by atoms with Crippen LogP contribution >= 0.6 is 0 Å². The lowest BCUT2D eigenvalue weighted by atomic mass is 10.2. The van der Waals surface area contributed by atoms with Crippen LogP contribution in [0.25, 0.3) is 11.5 Å². The molecule has 0 saturated carbocycles. The van der Waals surface area contributed by atoms with Crippen molar-refractivity contribution >= 4 is 12.1 Å². The van der Waals surface area contributed by atoms with Crippen molar-refractivity contribution in [3.05, 3.63) is 47.9 Å². The molecule has 0 unspecified atom stereocenters. The number of phenolic OH excluding ortho intramolecular Hbond substituents is 1. The summed E-state index contributed by atoms with van der Waals surface area (Å²) in [4.78, 5) is 12.1. The number of aromatic hydroxyl groups is 1. The number of aromatic amines is 1. The smallest absolute Gasteiger partial charge is 0.291 e. The number of carbonyl (C=O) groups excluding carboxylic acids is 1. The number of benzene rings is 1. The summed E-state index contributed by atoms with van der Waals surface area (Å²) in [6.07, 6.45) is 2.92. The van der Waals surface area contributed by atoms with Gasteiger partial charge in [-0.15, -0.1) is 0 Å². The van der Waals surface area contributed by atoms with Crippen molar-refractivity contribution in [1.82, 2.24) is 15.6 Å². The van der Waals surface area contributed by atoms with Gasteiger partial charge in [0.25, 0.3) is 5.91 Å². The fraction of sp³-hybridized carbons (Fsp3) is 0.118. The number of furan rings is 1. The summed E-state index contributed by atoms with van der Waals surface area (Å²) in [6.45, 7) is 0. The summed E-state index contributed by atoms with van der Waals surface area (Å²) in [6, 6.07) is 8.14. The van der Waals surface area contributed by atoms with Crippen LogP contribution < -0.4 is 14.9 Å². The number of methoxy groups -OCH3 is 2. The van der Waals surface area contributed by atoms with Gasteiger partial charge in [-0.25, -0.2) is 5.43 Å². The van der Waals surface area contributed by atoms with E-state index in [0.29, 0.717) is 17.0 Å². The molecule has 9 nitrogen and oxygen atoms in total. The molecular weight excluding hydrogens is 340 g/mol. The Morgan fingerprint density at radius 1 is 1.31 bits per heavy atom. The van der Waals surface area contributed by atoms with Crippen LogP contribution in [0.1, 0.15) is 16.1 Å². The minimum Gasteiger partial charge on any atom is -0.502 e. The molecule has 2 aromatic heterocycles. The van der Waals surface area contributed by atoms with Crippen molar-refractivity contribution in [2.24, 2.45) is 5.10 Å². The van der Waals surface area contributed by atoms with Gasteiger partial charge in [0, 0.05) is 11.6 Å². The number of nitrogens with one attached hydrogen (secondary N) is 2. The molecule has 1 aromatic carbocycles. The summed E-state index contributed by atoms with van der Waals surface area (Å²) >= 11 is 0. The molecule has 3 rings (SSSR count). The van der Waals surface area contributed by atoms with Crippen LogP contribution in [0.3, 0.4) is 0 Å². The Morgan fingerprint density at radius 2 is 2.04 bits per heavy atom. The highest BCUT2D eigenvalue weighted by Crippen LogP contribution is 2.36. The molecule has 0 fully saturated rings. The molecule has 0 atom stereocenters. The van der Waals surface area contributed by atoms with Gasteiger partial charge >= 0.3 is 0 Å². The van der Waals surface area contributed by atoms with E-state index in [-0.39, 0.29) is 22.9 Å². The minimum absolute atomic E-state index is 0.113. The number of amides is 1. The molecule has 0 spiro atoms. The Morgan fingerprint density at radius 3 is 2.65 bits per heavy atom. The van der Waals surface area contributed by atoms with Gasteiger partial charge < -0.3 is 19.0 Å². The summed E-state index contributed by atoms with van der Waals surface area (Å²) in [5.41, 5.74) is 3.68. The van der Waals surface area contributed by atoms with Crippen LogP contribution in [0, 0.1) is 0 Å². The van der Waals surface area contributed by atoms with Crippen molar-refractivity contribution in [2.75, 3.05) is 14.2 Å². The lowest BCUT2D eigenvalue weighted by Gasteiger charge is -2.09. The van der Waals surface area contributed by atoms with Crippen LogP contribution in [0.2, 0.25) is 0 Å². The maximum Gasteiger partial charge on any atom is 0.291 e. The number of carbonyl (C=O) groups is 1. The van der Waals surface area contributed by atoms with E-state index in [4.69, 9.17) is 13.9 Å². The number of H-pyrrole nitrogens is 1. The van der Waals surface area contributed by atoms with Gasteiger partial charge in [0.2, 0.25) is 5.75 Å². The molecule has 0 saturated heterocycles. The Kier molecular flexibility index (Phi) is 4.88. The van der Waals surface area contributed by atoms with E-state index in [1.165, 1.54) is 26.7 Å². The zero-order valence-corrected chi connectivity index (χ0v) is 14.0.